The van der Waals surface area contributed by atoms with E-state index in [-0.39, 0.29) is 11.2 Å². The van der Waals surface area contributed by atoms with Gasteiger partial charge in [-0.25, -0.2) is 0 Å². The van der Waals surface area contributed by atoms with Crippen LogP contribution in [0.5, 0.6) is 0 Å². The molecule has 0 bridgehead atoms. The molecule has 1 aromatic heterocycles. The number of carbonyl (C=O) groups excluding carboxylic acids is 1. The maximum absolute atomic E-state index is 12.1. The molecule has 0 aliphatic carbocycles. The van der Waals surface area contributed by atoms with E-state index in [1.807, 2.05) is 24.3 Å². The van der Waals surface area contributed by atoms with Crippen molar-refractivity contribution in [3.8, 4) is 0 Å². The SMILES string of the molecule is CC(C)(C)CCC(=O)c1cc2cccc(Br)c2o1. The molecule has 0 N–H and O–H groups in total. The van der Waals surface area contributed by atoms with Gasteiger partial charge < -0.3 is 4.42 Å². The molecular formula is C15H17BrO2. The van der Waals surface area contributed by atoms with E-state index >= 15 is 0 Å². The number of benzene rings is 1. The molecule has 0 fully saturated rings. The summed E-state index contributed by atoms with van der Waals surface area (Å²) in [5, 5.41) is 0.962. The predicted molar refractivity (Wildman–Crippen MR) is 76.9 cm³/mol. The number of ketones is 1. The monoisotopic (exact) mass is 308 g/mol. The highest BCUT2D eigenvalue weighted by Gasteiger charge is 2.17. The van der Waals surface area contributed by atoms with E-state index in [0.717, 1.165) is 21.9 Å². The van der Waals surface area contributed by atoms with E-state index in [1.54, 1.807) is 0 Å². The Balaban J connectivity index is 2.21. The number of Topliss-reactive ketones (excluding diaryl/α,β-unsaturated/α-hetero) is 1. The van der Waals surface area contributed by atoms with Gasteiger partial charge in [-0.05, 0) is 39.9 Å². The molecule has 1 aromatic carbocycles. The first-order chi connectivity index (χ1) is 8.37. The Morgan fingerprint density at radius 2 is 2.06 bits per heavy atom. The van der Waals surface area contributed by atoms with Crippen molar-refractivity contribution in [3.05, 3.63) is 34.5 Å². The number of para-hydroxylation sites is 1. The smallest absolute Gasteiger partial charge is 0.198 e. The minimum absolute atomic E-state index is 0.0769. The van der Waals surface area contributed by atoms with Crippen LogP contribution in [0.4, 0.5) is 0 Å². The lowest BCUT2D eigenvalue weighted by Crippen LogP contribution is -2.08. The van der Waals surface area contributed by atoms with Crippen LogP contribution in [0.15, 0.2) is 33.2 Å². The summed E-state index contributed by atoms with van der Waals surface area (Å²) in [5.41, 5.74) is 0.916. The van der Waals surface area contributed by atoms with Gasteiger partial charge in [-0.15, -0.1) is 0 Å². The van der Waals surface area contributed by atoms with Crippen LogP contribution in [-0.2, 0) is 0 Å². The van der Waals surface area contributed by atoms with Gasteiger partial charge >= 0.3 is 0 Å². The first kappa shape index (κ1) is 13.3. The van der Waals surface area contributed by atoms with Crippen LogP contribution in [0.2, 0.25) is 0 Å². The lowest BCUT2D eigenvalue weighted by Gasteiger charge is -2.16. The summed E-state index contributed by atoms with van der Waals surface area (Å²) >= 11 is 3.42. The predicted octanol–water partition coefficient (Wildman–Crippen LogP) is 5.20. The summed E-state index contributed by atoms with van der Waals surface area (Å²) in [6.07, 6.45) is 1.39. The van der Waals surface area contributed by atoms with Gasteiger partial charge in [0.05, 0.1) is 4.47 Å². The first-order valence-corrected chi connectivity index (χ1v) is 6.87. The largest absolute Gasteiger partial charge is 0.452 e. The lowest BCUT2D eigenvalue weighted by molar-refractivity contribution is 0.0941. The maximum atomic E-state index is 12.1. The number of hydrogen-bond donors (Lipinski definition) is 0. The maximum Gasteiger partial charge on any atom is 0.198 e. The van der Waals surface area contributed by atoms with Gasteiger partial charge in [-0.1, -0.05) is 32.9 Å². The standard InChI is InChI=1S/C15H17BrO2/c1-15(2,3)8-7-12(17)13-9-10-5-4-6-11(16)14(10)18-13/h4-6,9H,7-8H2,1-3H3. The van der Waals surface area contributed by atoms with Gasteiger partial charge in [-0.3, -0.25) is 4.79 Å². The average molecular weight is 309 g/mol. The highest BCUT2D eigenvalue weighted by Crippen LogP contribution is 2.28. The minimum atomic E-state index is 0.0769. The third-order valence-corrected chi connectivity index (χ3v) is 3.50. The Labute approximate surface area is 115 Å². The Morgan fingerprint density at radius 1 is 1.33 bits per heavy atom. The number of hydrogen-bond acceptors (Lipinski definition) is 2. The quantitative estimate of drug-likeness (QED) is 0.729. The van der Waals surface area contributed by atoms with Gasteiger partial charge in [0.15, 0.2) is 11.5 Å². The normalized spacial score (nSPS) is 12.0. The molecule has 3 heteroatoms. The fourth-order valence-electron chi connectivity index (χ4n) is 1.78. The summed E-state index contributed by atoms with van der Waals surface area (Å²) in [6.45, 7) is 6.40. The summed E-state index contributed by atoms with van der Waals surface area (Å²) in [6, 6.07) is 7.62. The van der Waals surface area contributed by atoms with Crippen LogP contribution in [0.25, 0.3) is 11.0 Å². The van der Waals surface area contributed by atoms with Crippen LogP contribution >= 0.6 is 15.9 Å². The minimum Gasteiger partial charge on any atom is -0.452 e. The van der Waals surface area contributed by atoms with E-state index in [9.17, 15) is 4.79 Å². The molecule has 18 heavy (non-hydrogen) atoms. The Kier molecular flexibility index (Phi) is 3.62. The molecule has 0 aliphatic heterocycles. The second kappa shape index (κ2) is 4.88. The number of rotatable bonds is 3. The van der Waals surface area contributed by atoms with Gasteiger partial charge in [0.2, 0.25) is 0 Å². The van der Waals surface area contributed by atoms with Crippen LogP contribution in [0.1, 0.15) is 44.2 Å². The molecule has 1 heterocycles. The van der Waals surface area contributed by atoms with Gasteiger partial charge in [0, 0.05) is 11.8 Å². The molecule has 0 unspecified atom stereocenters. The Bertz CT molecular complexity index is 576. The number of halogens is 1. The molecule has 0 aliphatic rings. The molecule has 96 valence electrons. The fourth-order valence-corrected chi connectivity index (χ4v) is 2.24. The fraction of sp³-hybridized carbons (Fsp3) is 0.400. The molecule has 2 aromatic rings. The average Bonchev–Trinajstić information content (AvgIpc) is 2.70. The molecule has 2 nitrogen and oxygen atoms in total. The van der Waals surface area contributed by atoms with Crippen molar-refractivity contribution in [2.24, 2.45) is 5.41 Å². The number of furan rings is 1. The summed E-state index contributed by atoms with van der Waals surface area (Å²) < 4.78 is 6.51. The summed E-state index contributed by atoms with van der Waals surface area (Å²) in [4.78, 5) is 12.1. The Hall–Kier alpha value is -1.09. The zero-order valence-electron chi connectivity index (χ0n) is 10.9. The van der Waals surface area contributed by atoms with E-state index < -0.39 is 0 Å². The van der Waals surface area contributed by atoms with E-state index in [1.165, 1.54) is 0 Å². The highest BCUT2D eigenvalue weighted by molar-refractivity contribution is 9.10. The molecule has 0 atom stereocenters. The topological polar surface area (TPSA) is 30.2 Å². The molecule has 0 radical (unpaired) electrons. The van der Waals surface area contributed by atoms with Crippen LogP contribution < -0.4 is 0 Å². The van der Waals surface area contributed by atoms with Crippen LogP contribution in [0, 0.1) is 5.41 Å². The van der Waals surface area contributed by atoms with Crippen LogP contribution in [0.3, 0.4) is 0 Å². The van der Waals surface area contributed by atoms with Crippen molar-refractivity contribution < 1.29 is 9.21 Å². The van der Waals surface area contributed by atoms with Gasteiger partial charge in [0.25, 0.3) is 0 Å². The second-order valence-corrected chi connectivity index (χ2v) is 6.61. The Morgan fingerprint density at radius 3 is 2.67 bits per heavy atom. The molecule has 0 saturated heterocycles. The highest BCUT2D eigenvalue weighted by atomic mass is 79.9. The molecular weight excluding hydrogens is 292 g/mol. The third kappa shape index (κ3) is 3.02. The van der Waals surface area contributed by atoms with Gasteiger partial charge in [0.1, 0.15) is 5.58 Å². The second-order valence-electron chi connectivity index (χ2n) is 5.75. The number of carbonyl (C=O) groups is 1. The van der Waals surface area contributed by atoms with Crippen molar-refractivity contribution in [3.63, 3.8) is 0 Å². The van der Waals surface area contributed by atoms with Crippen LogP contribution in [-0.4, -0.2) is 5.78 Å². The zero-order valence-corrected chi connectivity index (χ0v) is 12.5. The van der Waals surface area contributed by atoms with E-state index in [0.29, 0.717) is 12.2 Å². The third-order valence-electron chi connectivity index (χ3n) is 2.87. The van der Waals surface area contributed by atoms with E-state index in [2.05, 4.69) is 36.7 Å². The molecule has 0 saturated carbocycles. The van der Waals surface area contributed by atoms with E-state index in [4.69, 9.17) is 4.42 Å². The van der Waals surface area contributed by atoms with Crippen molar-refractivity contribution in [2.75, 3.05) is 0 Å². The van der Waals surface area contributed by atoms with Crippen molar-refractivity contribution in [2.45, 2.75) is 33.6 Å². The number of fused-ring (bicyclic) bond motifs is 1. The van der Waals surface area contributed by atoms with Gasteiger partial charge in [-0.2, -0.15) is 0 Å². The molecule has 0 spiro atoms. The molecule has 2 rings (SSSR count). The first-order valence-electron chi connectivity index (χ1n) is 6.08. The molecule has 0 amide bonds. The van der Waals surface area contributed by atoms with Crippen molar-refractivity contribution in [1.82, 2.24) is 0 Å². The lowest BCUT2D eigenvalue weighted by atomic mass is 9.89. The zero-order chi connectivity index (χ0) is 13.3. The summed E-state index contributed by atoms with van der Waals surface area (Å²) in [7, 11) is 0. The van der Waals surface area contributed by atoms with Crippen molar-refractivity contribution >= 4 is 32.7 Å². The summed E-state index contributed by atoms with van der Waals surface area (Å²) in [5.74, 6) is 0.536. The van der Waals surface area contributed by atoms with Crippen molar-refractivity contribution in [1.29, 1.82) is 0 Å².